The summed E-state index contributed by atoms with van der Waals surface area (Å²) in [4.78, 5) is 14.5. The predicted molar refractivity (Wildman–Crippen MR) is 78.6 cm³/mol. The van der Waals surface area contributed by atoms with Gasteiger partial charge in [0.05, 0.1) is 0 Å². The molecule has 1 unspecified atom stereocenters. The lowest BCUT2D eigenvalue weighted by molar-refractivity contribution is 0.0689. The van der Waals surface area contributed by atoms with Crippen molar-refractivity contribution in [2.75, 3.05) is 13.1 Å². The Morgan fingerprint density at radius 2 is 2.11 bits per heavy atom. The van der Waals surface area contributed by atoms with Crippen molar-refractivity contribution < 1.29 is 4.79 Å². The normalized spacial score (nSPS) is 18.8. The molecule has 2 rings (SSSR count). The highest BCUT2D eigenvalue weighted by molar-refractivity contribution is 6.30. The number of halogens is 1. The van der Waals surface area contributed by atoms with Crippen LogP contribution in [0.15, 0.2) is 24.3 Å². The minimum Gasteiger partial charge on any atom is -0.335 e. The Bertz CT molecular complexity index is 424. The summed E-state index contributed by atoms with van der Waals surface area (Å²) >= 11 is 5.86. The van der Waals surface area contributed by atoms with Gasteiger partial charge in [-0.1, -0.05) is 11.6 Å². The van der Waals surface area contributed by atoms with Crippen LogP contribution in [-0.2, 0) is 0 Å². The van der Waals surface area contributed by atoms with Gasteiger partial charge < -0.3 is 10.2 Å². The average molecular weight is 281 g/mol. The van der Waals surface area contributed by atoms with Gasteiger partial charge in [0.1, 0.15) is 0 Å². The highest BCUT2D eigenvalue weighted by Gasteiger charge is 2.24. The van der Waals surface area contributed by atoms with E-state index in [1.54, 1.807) is 24.3 Å². The molecule has 1 aromatic rings. The molecule has 3 nitrogen and oxygen atoms in total. The first-order valence-electron chi connectivity index (χ1n) is 6.88. The van der Waals surface area contributed by atoms with E-state index in [1.807, 2.05) is 4.90 Å². The highest BCUT2D eigenvalue weighted by atomic mass is 35.5. The van der Waals surface area contributed by atoms with Crippen LogP contribution in [0.5, 0.6) is 0 Å². The molecule has 1 aromatic carbocycles. The maximum atomic E-state index is 12.5. The fraction of sp³-hybridized carbons (Fsp3) is 0.533. The van der Waals surface area contributed by atoms with Gasteiger partial charge in [-0.05, 0) is 57.5 Å². The second-order valence-electron chi connectivity index (χ2n) is 5.35. The zero-order valence-corrected chi connectivity index (χ0v) is 12.3. The molecular formula is C15H21ClN2O. The van der Waals surface area contributed by atoms with Crippen LogP contribution in [0.25, 0.3) is 0 Å². The van der Waals surface area contributed by atoms with Gasteiger partial charge in [0.2, 0.25) is 0 Å². The van der Waals surface area contributed by atoms with Gasteiger partial charge in [-0.25, -0.2) is 0 Å². The van der Waals surface area contributed by atoms with Crippen molar-refractivity contribution in [1.29, 1.82) is 0 Å². The van der Waals surface area contributed by atoms with Crippen LogP contribution < -0.4 is 5.32 Å². The van der Waals surface area contributed by atoms with Crippen molar-refractivity contribution >= 4 is 17.5 Å². The van der Waals surface area contributed by atoms with Gasteiger partial charge in [-0.3, -0.25) is 4.79 Å². The third-order valence-electron chi connectivity index (χ3n) is 3.55. The monoisotopic (exact) mass is 280 g/mol. The molecule has 0 radical (unpaired) electrons. The molecule has 1 amide bonds. The lowest BCUT2D eigenvalue weighted by Gasteiger charge is -2.29. The molecular weight excluding hydrogens is 260 g/mol. The Kier molecular flexibility index (Phi) is 4.83. The number of nitrogens with one attached hydrogen (secondary N) is 1. The Balaban J connectivity index is 2.09. The third kappa shape index (κ3) is 3.71. The van der Waals surface area contributed by atoms with E-state index in [2.05, 4.69) is 19.2 Å². The molecule has 0 bridgehead atoms. The van der Waals surface area contributed by atoms with E-state index in [0.29, 0.717) is 16.6 Å². The van der Waals surface area contributed by atoms with Crippen LogP contribution >= 0.6 is 11.6 Å². The number of hydrogen-bond donors (Lipinski definition) is 1. The topological polar surface area (TPSA) is 32.3 Å². The lowest BCUT2D eigenvalue weighted by atomic mass is 10.1. The molecule has 0 spiro atoms. The van der Waals surface area contributed by atoms with Crippen molar-refractivity contribution in [2.45, 2.75) is 38.8 Å². The number of hydrogen-bond acceptors (Lipinski definition) is 2. The van der Waals surface area contributed by atoms with Gasteiger partial charge >= 0.3 is 0 Å². The number of rotatable bonds is 4. The first kappa shape index (κ1) is 14.4. The highest BCUT2D eigenvalue weighted by Crippen LogP contribution is 2.15. The van der Waals surface area contributed by atoms with E-state index in [-0.39, 0.29) is 11.9 Å². The molecule has 1 aliphatic heterocycles. The number of carbonyl (C=O) groups excluding carboxylic acids is 1. The van der Waals surface area contributed by atoms with E-state index in [4.69, 9.17) is 11.6 Å². The Morgan fingerprint density at radius 1 is 1.42 bits per heavy atom. The summed E-state index contributed by atoms with van der Waals surface area (Å²) in [6.07, 6.45) is 2.35. The number of amides is 1. The summed E-state index contributed by atoms with van der Waals surface area (Å²) in [5.41, 5.74) is 0.705. The first-order chi connectivity index (χ1) is 9.08. The van der Waals surface area contributed by atoms with Crippen LogP contribution in [0.4, 0.5) is 0 Å². The lowest BCUT2D eigenvalue weighted by Crippen LogP contribution is -2.44. The first-order valence-corrected chi connectivity index (χ1v) is 7.25. The van der Waals surface area contributed by atoms with Crippen molar-refractivity contribution in [2.24, 2.45) is 0 Å². The number of carbonyl (C=O) groups is 1. The van der Waals surface area contributed by atoms with Crippen molar-refractivity contribution in [1.82, 2.24) is 10.2 Å². The summed E-state index contributed by atoms with van der Waals surface area (Å²) < 4.78 is 0. The van der Waals surface area contributed by atoms with Crippen LogP contribution in [0.1, 0.15) is 37.0 Å². The van der Waals surface area contributed by atoms with Crippen molar-refractivity contribution in [3.8, 4) is 0 Å². The Hall–Kier alpha value is -1.06. The van der Waals surface area contributed by atoms with Gasteiger partial charge in [-0.2, -0.15) is 0 Å². The molecule has 1 heterocycles. The summed E-state index contributed by atoms with van der Waals surface area (Å²) in [6.45, 7) is 5.95. The number of nitrogens with zero attached hydrogens (tertiary/aromatic N) is 1. The SMILES string of the molecule is CC(C)N(CC1CCCN1)C(=O)c1ccc(Cl)cc1. The van der Waals surface area contributed by atoms with Gasteiger partial charge in [0.25, 0.3) is 5.91 Å². The van der Waals surface area contributed by atoms with E-state index < -0.39 is 0 Å². The minimum atomic E-state index is 0.0837. The van der Waals surface area contributed by atoms with Gasteiger partial charge in [0, 0.05) is 29.2 Å². The molecule has 1 fully saturated rings. The second kappa shape index (κ2) is 6.40. The fourth-order valence-electron chi connectivity index (χ4n) is 2.44. The molecule has 1 saturated heterocycles. The summed E-state index contributed by atoms with van der Waals surface area (Å²) in [5.74, 6) is 0.0837. The molecule has 104 valence electrons. The van der Waals surface area contributed by atoms with Crippen LogP contribution in [0.3, 0.4) is 0 Å². The molecule has 0 saturated carbocycles. The van der Waals surface area contributed by atoms with Gasteiger partial charge in [-0.15, -0.1) is 0 Å². The molecule has 1 aliphatic rings. The van der Waals surface area contributed by atoms with E-state index >= 15 is 0 Å². The Labute approximate surface area is 119 Å². The van der Waals surface area contributed by atoms with E-state index in [1.165, 1.54) is 6.42 Å². The molecule has 0 aliphatic carbocycles. The molecule has 19 heavy (non-hydrogen) atoms. The average Bonchev–Trinajstić information content (AvgIpc) is 2.88. The van der Waals surface area contributed by atoms with Crippen LogP contribution in [0.2, 0.25) is 5.02 Å². The summed E-state index contributed by atoms with van der Waals surface area (Å²) in [6, 6.07) is 7.75. The zero-order valence-electron chi connectivity index (χ0n) is 11.5. The Morgan fingerprint density at radius 3 is 2.63 bits per heavy atom. The molecule has 4 heteroatoms. The maximum Gasteiger partial charge on any atom is 0.254 e. The molecule has 1 atom stereocenters. The quantitative estimate of drug-likeness (QED) is 0.920. The van der Waals surface area contributed by atoms with Crippen molar-refractivity contribution in [3.63, 3.8) is 0 Å². The van der Waals surface area contributed by atoms with Gasteiger partial charge in [0.15, 0.2) is 0 Å². The smallest absolute Gasteiger partial charge is 0.254 e. The summed E-state index contributed by atoms with van der Waals surface area (Å²) in [7, 11) is 0. The maximum absolute atomic E-state index is 12.5. The van der Waals surface area contributed by atoms with Crippen molar-refractivity contribution in [3.05, 3.63) is 34.9 Å². The van der Waals surface area contributed by atoms with E-state index in [9.17, 15) is 4.79 Å². The van der Waals surface area contributed by atoms with Crippen LogP contribution in [-0.4, -0.2) is 36.0 Å². The second-order valence-corrected chi connectivity index (χ2v) is 5.79. The largest absolute Gasteiger partial charge is 0.335 e. The van der Waals surface area contributed by atoms with E-state index in [0.717, 1.165) is 19.5 Å². The van der Waals surface area contributed by atoms with Crippen LogP contribution in [0, 0.1) is 0 Å². The number of benzene rings is 1. The summed E-state index contributed by atoms with van der Waals surface area (Å²) in [5, 5.41) is 4.10. The predicted octanol–water partition coefficient (Wildman–Crippen LogP) is 2.94. The molecule has 1 N–H and O–H groups in total. The standard InChI is InChI=1S/C15H21ClN2O/c1-11(2)18(10-14-4-3-9-17-14)15(19)12-5-7-13(16)8-6-12/h5-8,11,14,17H,3-4,9-10H2,1-2H3. The zero-order chi connectivity index (χ0) is 13.8. The minimum absolute atomic E-state index is 0.0837. The molecule has 0 aromatic heterocycles. The fourth-order valence-corrected chi connectivity index (χ4v) is 2.56. The third-order valence-corrected chi connectivity index (χ3v) is 3.81.